The minimum absolute atomic E-state index is 0.377. The number of ether oxygens (including phenoxy) is 1. The van der Waals surface area contributed by atoms with Crippen LogP contribution in [0.25, 0.3) is 39.0 Å². The van der Waals surface area contributed by atoms with Crippen molar-refractivity contribution in [2.24, 2.45) is 5.92 Å². The fraction of sp³-hybridized carbons (Fsp3) is 0.0877. The van der Waals surface area contributed by atoms with Crippen LogP contribution in [-0.4, -0.2) is 0 Å². The summed E-state index contributed by atoms with van der Waals surface area (Å²) in [5.74, 6) is 2.19. The highest BCUT2D eigenvalue weighted by atomic mass is 16.5. The van der Waals surface area contributed by atoms with Gasteiger partial charge in [-0.25, -0.2) is 0 Å². The van der Waals surface area contributed by atoms with E-state index in [1.165, 1.54) is 94.7 Å². The topological polar surface area (TPSA) is 21.3 Å². The molecule has 13 rings (SSSR count). The molecule has 1 N–H and O–H groups in total. The molecule has 2 spiro atoms. The van der Waals surface area contributed by atoms with Crippen molar-refractivity contribution in [2.75, 3.05) is 5.32 Å². The Balaban J connectivity index is 1.09. The molecule has 278 valence electrons. The molecular formula is C57H39NO. The van der Waals surface area contributed by atoms with E-state index in [1.807, 2.05) is 0 Å². The minimum Gasteiger partial charge on any atom is -0.457 e. The van der Waals surface area contributed by atoms with Crippen LogP contribution in [0.4, 0.5) is 11.4 Å². The van der Waals surface area contributed by atoms with E-state index in [-0.39, 0.29) is 0 Å². The molecular weight excluding hydrogens is 715 g/mol. The number of anilines is 2. The average Bonchev–Trinajstić information content (AvgIpc) is 3.87. The van der Waals surface area contributed by atoms with Gasteiger partial charge < -0.3 is 10.1 Å². The molecule has 8 aromatic carbocycles. The van der Waals surface area contributed by atoms with Crippen LogP contribution in [0.3, 0.4) is 0 Å². The van der Waals surface area contributed by atoms with Crippen LogP contribution in [0.1, 0.15) is 63.4 Å². The van der Waals surface area contributed by atoms with E-state index in [4.69, 9.17) is 4.74 Å². The summed E-state index contributed by atoms with van der Waals surface area (Å²) in [6.45, 7) is 2.37. The first-order valence-corrected chi connectivity index (χ1v) is 20.9. The predicted octanol–water partition coefficient (Wildman–Crippen LogP) is 14.2. The van der Waals surface area contributed by atoms with Crippen molar-refractivity contribution in [3.63, 3.8) is 0 Å². The van der Waals surface area contributed by atoms with Gasteiger partial charge in [0.05, 0.1) is 16.5 Å². The minimum atomic E-state index is -0.507. The smallest absolute Gasteiger partial charge is 0.132 e. The Morgan fingerprint density at radius 2 is 0.932 bits per heavy atom. The lowest BCUT2D eigenvalue weighted by Crippen LogP contribution is -2.32. The quantitative estimate of drug-likeness (QED) is 0.194. The SMILES string of the molecule is CC1CC=CC=C1c1ccc2c(c1Nc1ccc3c(c1)-c1ccccc1C31c3ccccc3Oc3ccccc31)C1(c3ccccc3-c3ccccc31)c1ccccc1-2. The highest BCUT2D eigenvalue weighted by Crippen LogP contribution is 2.66. The molecule has 1 atom stereocenters. The highest BCUT2D eigenvalue weighted by molar-refractivity contribution is 6.01. The molecule has 4 aliphatic carbocycles. The van der Waals surface area contributed by atoms with Crippen molar-refractivity contribution in [3.8, 4) is 44.9 Å². The number of benzene rings is 8. The van der Waals surface area contributed by atoms with E-state index in [1.54, 1.807) is 0 Å². The van der Waals surface area contributed by atoms with E-state index in [0.29, 0.717) is 5.92 Å². The van der Waals surface area contributed by atoms with Gasteiger partial charge in [0.15, 0.2) is 0 Å². The maximum Gasteiger partial charge on any atom is 0.132 e. The number of rotatable bonds is 3. The molecule has 0 radical (unpaired) electrons. The summed E-state index contributed by atoms with van der Waals surface area (Å²) in [5, 5.41) is 4.24. The summed E-state index contributed by atoms with van der Waals surface area (Å²) in [7, 11) is 0. The molecule has 2 nitrogen and oxygen atoms in total. The molecule has 0 bridgehead atoms. The second-order valence-electron chi connectivity index (χ2n) is 16.8. The third-order valence-corrected chi connectivity index (χ3v) is 14.0. The summed E-state index contributed by atoms with van der Waals surface area (Å²) >= 11 is 0. The number of hydrogen-bond acceptors (Lipinski definition) is 2. The Hall–Kier alpha value is -7.16. The van der Waals surface area contributed by atoms with Gasteiger partial charge in [0.25, 0.3) is 0 Å². The Morgan fingerprint density at radius 3 is 1.53 bits per heavy atom. The Kier molecular flexibility index (Phi) is 6.65. The third-order valence-electron chi connectivity index (χ3n) is 14.0. The van der Waals surface area contributed by atoms with Gasteiger partial charge in [0, 0.05) is 27.9 Å². The number of hydrogen-bond donors (Lipinski definition) is 1. The first-order valence-electron chi connectivity index (χ1n) is 20.9. The molecule has 2 heteroatoms. The molecule has 1 unspecified atom stereocenters. The monoisotopic (exact) mass is 753 g/mol. The Labute approximate surface area is 344 Å². The molecule has 1 heterocycles. The summed E-state index contributed by atoms with van der Waals surface area (Å²) in [6.07, 6.45) is 7.90. The van der Waals surface area contributed by atoms with Gasteiger partial charge in [-0.3, -0.25) is 0 Å². The molecule has 0 amide bonds. The van der Waals surface area contributed by atoms with E-state index < -0.39 is 10.8 Å². The molecule has 5 aliphatic rings. The van der Waals surface area contributed by atoms with Gasteiger partial charge in [-0.05, 0) is 103 Å². The lowest BCUT2D eigenvalue weighted by Gasteiger charge is -2.39. The van der Waals surface area contributed by atoms with Gasteiger partial charge in [0.1, 0.15) is 11.5 Å². The number of allylic oxidation sites excluding steroid dienone is 4. The highest BCUT2D eigenvalue weighted by Gasteiger charge is 2.54. The van der Waals surface area contributed by atoms with Crippen molar-refractivity contribution in [1.82, 2.24) is 0 Å². The van der Waals surface area contributed by atoms with E-state index >= 15 is 0 Å². The number of fused-ring (bicyclic) bond motifs is 19. The zero-order valence-electron chi connectivity index (χ0n) is 32.7. The van der Waals surface area contributed by atoms with Gasteiger partial charge in [-0.15, -0.1) is 0 Å². The summed E-state index contributed by atoms with van der Waals surface area (Å²) in [5.41, 5.74) is 21.9. The van der Waals surface area contributed by atoms with Crippen LogP contribution in [0, 0.1) is 5.92 Å². The normalized spacial score (nSPS) is 17.1. The molecule has 0 fully saturated rings. The molecule has 59 heavy (non-hydrogen) atoms. The van der Waals surface area contributed by atoms with Crippen LogP contribution in [-0.2, 0) is 10.8 Å². The molecule has 1 aliphatic heterocycles. The van der Waals surface area contributed by atoms with Crippen LogP contribution in [0.5, 0.6) is 11.5 Å². The summed E-state index contributed by atoms with van der Waals surface area (Å²) in [6, 6.07) is 65.4. The average molecular weight is 754 g/mol. The van der Waals surface area contributed by atoms with Gasteiger partial charge in [0.2, 0.25) is 0 Å². The van der Waals surface area contributed by atoms with Crippen molar-refractivity contribution < 1.29 is 4.74 Å². The molecule has 0 saturated heterocycles. The largest absolute Gasteiger partial charge is 0.457 e. The van der Waals surface area contributed by atoms with E-state index in [0.717, 1.165) is 23.6 Å². The maximum absolute atomic E-state index is 6.62. The lowest BCUT2D eigenvalue weighted by atomic mass is 9.66. The summed E-state index contributed by atoms with van der Waals surface area (Å²) in [4.78, 5) is 0. The Bertz CT molecular complexity index is 3070. The van der Waals surface area contributed by atoms with Crippen molar-refractivity contribution in [3.05, 3.63) is 244 Å². The van der Waals surface area contributed by atoms with Crippen LogP contribution in [0.2, 0.25) is 0 Å². The standard InChI is InChI=1S/C57H39NO/c1-35-16-2-3-17-37(35)43-32-31-42-40-20-6-11-25-48(40)57(46-23-9-4-18-38(46)39-19-5-10-24-47(39)57)54(42)55(43)58-36-30-33-49-44(34-36)41-21-7-8-22-45(41)56(49)50-26-12-14-28-52(50)59-53-29-15-13-27-51(53)56/h2-15,17-35,58H,16H2,1H3. The van der Waals surface area contributed by atoms with Crippen molar-refractivity contribution in [1.29, 1.82) is 0 Å². The number of nitrogens with one attached hydrogen (secondary N) is 1. The lowest BCUT2D eigenvalue weighted by molar-refractivity contribution is 0.436. The summed E-state index contributed by atoms with van der Waals surface area (Å²) < 4.78 is 6.62. The zero-order chi connectivity index (χ0) is 38.9. The van der Waals surface area contributed by atoms with Crippen molar-refractivity contribution >= 4 is 16.9 Å². The maximum atomic E-state index is 6.62. The van der Waals surface area contributed by atoms with Crippen LogP contribution >= 0.6 is 0 Å². The van der Waals surface area contributed by atoms with Crippen LogP contribution in [0.15, 0.2) is 194 Å². The van der Waals surface area contributed by atoms with E-state index in [9.17, 15) is 0 Å². The third kappa shape index (κ3) is 4.11. The fourth-order valence-electron chi connectivity index (χ4n) is 11.7. The molecule has 8 aromatic rings. The van der Waals surface area contributed by atoms with Gasteiger partial charge in [-0.2, -0.15) is 0 Å². The Morgan fingerprint density at radius 1 is 0.458 bits per heavy atom. The number of para-hydroxylation sites is 2. The van der Waals surface area contributed by atoms with Gasteiger partial charge >= 0.3 is 0 Å². The fourth-order valence-corrected chi connectivity index (χ4v) is 11.7. The predicted molar refractivity (Wildman–Crippen MR) is 241 cm³/mol. The van der Waals surface area contributed by atoms with Gasteiger partial charge in [-0.1, -0.05) is 177 Å². The zero-order valence-corrected chi connectivity index (χ0v) is 32.7. The first-order chi connectivity index (χ1) is 29.2. The molecule has 0 saturated carbocycles. The van der Waals surface area contributed by atoms with E-state index in [2.05, 4.69) is 206 Å². The first kappa shape index (κ1) is 32.9. The molecule has 0 aromatic heterocycles. The second-order valence-corrected chi connectivity index (χ2v) is 16.8. The van der Waals surface area contributed by atoms with Crippen LogP contribution < -0.4 is 10.1 Å². The van der Waals surface area contributed by atoms with Crippen molar-refractivity contribution in [2.45, 2.75) is 24.2 Å². The second kappa shape index (κ2) is 11.9.